The van der Waals surface area contributed by atoms with E-state index in [0.29, 0.717) is 10.7 Å². The van der Waals surface area contributed by atoms with Crippen LogP contribution in [-0.4, -0.2) is 34.4 Å². The van der Waals surface area contributed by atoms with Crippen LogP contribution in [0.2, 0.25) is 0 Å². The van der Waals surface area contributed by atoms with Crippen molar-refractivity contribution in [3.63, 3.8) is 0 Å². The van der Waals surface area contributed by atoms with Gasteiger partial charge in [-0.05, 0) is 30.6 Å². The predicted molar refractivity (Wildman–Crippen MR) is 88.1 cm³/mol. The Kier molecular flexibility index (Phi) is 4.02. The van der Waals surface area contributed by atoms with E-state index in [0.717, 1.165) is 6.54 Å². The zero-order valence-electron chi connectivity index (χ0n) is 13.0. The number of carbonyl (C=O) groups excluding carboxylic acids is 1. The quantitative estimate of drug-likeness (QED) is 0.907. The van der Waals surface area contributed by atoms with Gasteiger partial charge in [0.1, 0.15) is 6.17 Å². The van der Waals surface area contributed by atoms with Gasteiger partial charge in [-0.2, -0.15) is 11.8 Å². The molecular weight excluding hydrogens is 280 g/mol. The minimum absolute atomic E-state index is 0.0238. The predicted octanol–water partition coefficient (Wildman–Crippen LogP) is 3.04. The highest BCUT2D eigenvalue weighted by Crippen LogP contribution is 2.49. The normalized spacial score (nSPS) is 27.4. The highest BCUT2D eigenvalue weighted by molar-refractivity contribution is 8.00. The first-order valence-corrected chi connectivity index (χ1v) is 8.95. The summed E-state index contributed by atoms with van der Waals surface area (Å²) < 4.78 is 0.302. The Morgan fingerprint density at radius 2 is 2.00 bits per heavy atom. The lowest BCUT2D eigenvalue weighted by Crippen LogP contribution is -2.38. The van der Waals surface area contributed by atoms with E-state index in [-0.39, 0.29) is 18.1 Å². The largest absolute Gasteiger partial charge is 0.320 e. The molecule has 1 N–H and O–H groups in total. The highest BCUT2D eigenvalue weighted by Gasteiger charge is 2.49. The second kappa shape index (κ2) is 5.65. The van der Waals surface area contributed by atoms with Crippen LogP contribution in [0.3, 0.4) is 0 Å². The molecule has 2 aliphatic rings. The van der Waals surface area contributed by atoms with Crippen molar-refractivity contribution in [1.82, 2.24) is 10.2 Å². The van der Waals surface area contributed by atoms with Gasteiger partial charge in [-0.1, -0.05) is 44.2 Å². The molecule has 0 aromatic heterocycles. The number of nitrogens with one attached hydrogen (secondary N) is 1. The molecule has 1 aliphatic carbocycles. The molecule has 0 radical (unpaired) electrons. The van der Waals surface area contributed by atoms with Gasteiger partial charge in [-0.15, -0.1) is 0 Å². The Labute approximate surface area is 131 Å². The molecule has 4 heteroatoms. The number of rotatable bonds is 5. The average molecular weight is 304 g/mol. The molecular formula is C17H24N2OS. The molecule has 1 aliphatic heterocycles. The van der Waals surface area contributed by atoms with Gasteiger partial charge in [0, 0.05) is 11.3 Å². The van der Waals surface area contributed by atoms with Gasteiger partial charge in [0.2, 0.25) is 5.91 Å². The lowest BCUT2D eigenvalue weighted by molar-refractivity contribution is -0.130. The fraction of sp³-hybridized carbons (Fsp3) is 0.588. The van der Waals surface area contributed by atoms with E-state index in [2.05, 4.69) is 42.5 Å². The van der Waals surface area contributed by atoms with Crippen molar-refractivity contribution in [3.8, 4) is 0 Å². The fourth-order valence-corrected chi connectivity index (χ4v) is 3.85. The van der Waals surface area contributed by atoms with Crippen LogP contribution in [0.4, 0.5) is 0 Å². The Morgan fingerprint density at radius 3 is 2.52 bits per heavy atom. The Bertz CT molecular complexity index is 513. The molecule has 0 spiro atoms. The summed E-state index contributed by atoms with van der Waals surface area (Å²) in [5.74, 6) is 0.581. The van der Waals surface area contributed by atoms with Crippen molar-refractivity contribution >= 4 is 17.7 Å². The Morgan fingerprint density at radius 1 is 1.33 bits per heavy atom. The van der Waals surface area contributed by atoms with Gasteiger partial charge in [-0.25, -0.2) is 0 Å². The van der Waals surface area contributed by atoms with E-state index < -0.39 is 0 Å². The smallest absolute Gasteiger partial charge is 0.241 e. The number of carbonyl (C=O) groups is 1. The maximum Gasteiger partial charge on any atom is 0.241 e. The third kappa shape index (κ3) is 2.84. The summed E-state index contributed by atoms with van der Waals surface area (Å²) >= 11 is 1.91. The van der Waals surface area contributed by atoms with Crippen molar-refractivity contribution in [2.75, 3.05) is 12.8 Å². The van der Waals surface area contributed by atoms with Crippen molar-refractivity contribution in [2.24, 2.45) is 5.92 Å². The van der Waals surface area contributed by atoms with E-state index >= 15 is 0 Å². The summed E-state index contributed by atoms with van der Waals surface area (Å²) in [6.07, 6.45) is 4.64. The lowest BCUT2D eigenvalue weighted by Gasteiger charge is -2.28. The molecule has 1 heterocycles. The molecule has 1 saturated heterocycles. The molecule has 114 valence electrons. The summed E-state index contributed by atoms with van der Waals surface area (Å²) in [6, 6.07) is 10.3. The van der Waals surface area contributed by atoms with Crippen LogP contribution in [0.25, 0.3) is 0 Å². The minimum Gasteiger partial charge on any atom is -0.320 e. The maximum atomic E-state index is 12.8. The summed E-state index contributed by atoms with van der Waals surface area (Å²) in [7, 11) is 0. The van der Waals surface area contributed by atoms with Gasteiger partial charge in [-0.3, -0.25) is 10.1 Å². The average Bonchev–Trinajstić information content (AvgIpc) is 3.19. The first-order chi connectivity index (χ1) is 10.1. The van der Waals surface area contributed by atoms with Gasteiger partial charge in [0.25, 0.3) is 0 Å². The topological polar surface area (TPSA) is 32.3 Å². The van der Waals surface area contributed by atoms with Crippen molar-refractivity contribution in [3.05, 3.63) is 35.9 Å². The molecule has 3 rings (SSSR count). The van der Waals surface area contributed by atoms with Crippen LogP contribution in [0.15, 0.2) is 30.3 Å². The van der Waals surface area contributed by atoms with Crippen molar-refractivity contribution in [1.29, 1.82) is 0 Å². The van der Waals surface area contributed by atoms with Crippen LogP contribution >= 0.6 is 11.8 Å². The summed E-state index contributed by atoms with van der Waals surface area (Å²) in [6.45, 7) is 5.09. The summed E-state index contributed by atoms with van der Waals surface area (Å²) in [5, 5.41) is 3.55. The van der Waals surface area contributed by atoms with Gasteiger partial charge in [0.05, 0.1) is 6.04 Å². The third-order valence-corrected chi connectivity index (χ3v) is 6.08. The number of hydrogen-bond acceptors (Lipinski definition) is 3. The summed E-state index contributed by atoms with van der Waals surface area (Å²) in [5.41, 5.74) is 1.19. The molecule has 21 heavy (non-hydrogen) atoms. The number of thioether (sulfide) groups is 1. The number of amides is 1. The minimum atomic E-state index is -0.0622. The SMILES string of the molecule is CSC1(CN2C(=O)C(C(C)C)NC2c2ccccc2)CC1. The van der Waals surface area contributed by atoms with Gasteiger partial charge >= 0.3 is 0 Å². The van der Waals surface area contributed by atoms with Crippen LogP contribution in [0.5, 0.6) is 0 Å². The fourth-order valence-electron chi connectivity index (χ4n) is 3.07. The standard InChI is InChI=1S/C17H24N2OS/c1-12(2)14-16(20)19(11-17(21-3)9-10-17)15(18-14)13-7-5-4-6-8-13/h4-8,12,14-15,18H,9-11H2,1-3H3. The Hall–Kier alpha value is -1.00. The third-order valence-electron chi connectivity index (χ3n) is 4.68. The zero-order valence-corrected chi connectivity index (χ0v) is 13.8. The van der Waals surface area contributed by atoms with Crippen LogP contribution in [0, 0.1) is 5.92 Å². The second-order valence-corrected chi connectivity index (χ2v) is 7.83. The number of benzene rings is 1. The highest BCUT2D eigenvalue weighted by atomic mass is 32.2. The molecule has 1 aromatic rings. The van der Waals surface area contributed by atoms with Crippen LogP contribution < -0.4 is 5.32 Å². The monoisotopic (exact) mass is 304 g/mol. The first kappa shape index (κ1) is 14.9. The van der Waals surface area contributed by atoms with E-state index in [9.17, 15) is 4.79 Å². The van der Waals surface area contributed by atoms with E-state index in [4.69, 9.17) is 0 Å². The van der Waals surface area contributed by atoms with Gasteiger partial charge < -0.3 is 4.90 Å². The molecule has 2 fully saturated rings. The maximum absolute atomic E-state index is 12.8. The van der Waals surface area contributed by atoms with E-state index in [1.165, 1.54) is 18.4 Å². The number of nitrogens with zero attached hydrogens (tertiary/aromatic N) is 1. The molecule has 2 atom stereocenters. The Balaban J connectivity index is 1.86. The molecule has 1 amide bonds. The molecule has 1 saturated carbocycles. The lowest BCUT2D eigenvalue weighted by atomic mass is 10.0. The molecule has 0 bridgehead atoms. The van der Waals surface area contributed by atoms with E-state index in [1.807, 2.05) is 30.0 Å². The first-order valence-electron chi connectivity index (χ1n) is 7.73. The van der Waals surface area contributed by atoms with E-state index in [1.54, 1.807) is 0 Å². The molecule has 2 unspecified atom stereocenters. The van der Waals surface area contributed by atoms with Gasteiger partial charge in [0.15, 0.2) is 0 Å². The van der Waals surface area contributed by atoms with Crippen molar-refractivity contribution < 1.29 is 4.79 Å². The second-order valence-electron chi connectivity index (χ2n) is 6.55. The summed E-state index contributed by atoms with van der Waals surface area (Å²) in [4.78, 5) is 14.9. The van der Waals surface area contributed by atoms with Crippen LogP contribution in [0.1, 0.15) is 38.4 Å². The molecule has 1 aromatic carbocycles. The molecule has 3 nitrogen and oxygen atoms in total. The van der Waals surface area contributed by atoms with Crippen LogP contribution in [-0.2, 0) is 4.79 Å². The zero-order chi connectivity index (χ0) is 15.0. The number of hydrogen-bond donors (Lipinski definition) is 1. The van der Waals surface area contributed by atoms with Crippen molar-refractivity contribution in [2.45, 2.75) is 43.6 Å².